The van der Waals surface area contributed by atoms with Gasteiger partial charge in [0.2, 0.25) is 5.91 Å². The van der Waals surface area contributed by atoms with Crippen LogP contribution in [-0.2, 0) is 9.59 Å². The van der Waals surface area contributed by atoms with Crippen molar-refractivity contribution in [2.75, 3.05) is 13.2 Å². The molecule has 1 saturated carbocycles. The van der Waals surface area contributed by atoms with Crippen LogP contribution in [-0.4, -0.2) is 41.3 Å². The molecule has 18 heavy (non-hydrogen) atoms. The van der Waals surface area contributed by atoms with Gasteiger partial charge in [-0.15, -0.1) is 0 Å². The molecule has 0 bridgehead atoms. The number of carboxylic acids is 1. The van der Waals surface area contributed by atoms with Crippen LogP contribution in [0, 0.1) is 11.3 Å². The Labute approximate surface area is 107 Å². The second kappa shape index (κ2) is 6.15. The monoisotopic (exact) mass is 258 g/mol. The molecule has 0 unspecified atom stereocenters. The van der Waals surface area contributed by atoms with Crippen LogP contribution >= 0.6 is 0 Å². The van der Waals surface area contributed by atoms with Gasteiger partial charge in [-0.2, -0.15) is 0 Å². The van der Waals surface area contributed by atoms with Gasteiger partial charge in [0.15, 0.2) is 0 Å². The summed E-state index contributed by atoms with van der Waals surface area (Å²) in [6.07, 6.45) is 3.19. The van der Waals surface area contributed by atoms with E-state index in [1.807, 2.05) is 0 Å². The van der Waals surface area contributed by atoms with Crippen molar-refractivity contribution >= 4 is 11.9 Å². The van der Waals surface area contributed by atoms with Gasteiger partial charge >= 0.3 is 5.97 Å². The van der Waals surface area contributed by atoms with Gasteiger partial charge in [0.1, 0.15) is 6.04 Å². The average molecular weight is 258 g/mol. The van der Waals surface area contributed by atoms with Crippen LogP contribution in [0.2, 0.25) is 0 Å². The van der Waals surface area contributed by atoms with Crippen molar-refractivity contribution in [3.8, 4) is 0 Å². The number of carboxylic acid groups (broad SMARTS) is 1. The lowest BCUT2D eigenvalue weighted by atomic mass is 9.70. The first-order chi connectivity index (χ1) is 8.45. The van der Waals surface area contributed by atoms with E-state index in [0.29, 0.717) is 18.8 Å². The van der Waals surface area contributed by atoms with Crippen LogP contribution in [0.3, 0.4) is 0 Å². The number of carbonyl (C=O) groups excluding carboxylic acids is 1. The molecule has 0 spiro atoms. The van der Waals surface area contributed by atoms with E-state index < -0.39 is 24.0 Å². The van der Waals surface area contributed by atoms with Crippen LogP contribution in [0.5, 0.6) is 0 Å². The molecule has 0 aromatic heterocycles. The fraction of sp³-hybridized carbons (Fsp3) is 0.833. The van der Waals surface area contributed by atoms with Gasteiger partial charge in [0, 0.05) is 6.54 Å². The number of hydrogen-bond acceptors (Lipinski definition) is 4. The Morgan fingerprint density at radius 2 is 2.00 bits per heavy atom. The molecule has 0 aromatic rings. The van der Waals surface area contributed by atoms with Crippen LogP contribution in [0.1, 0.15) is 32.6 Å². The number of aliphatic hydroxyl groups is 1. The van der Waals surface area contributed by atoms with Gasteiger partial charge < -0.3 is 21.3 Å². The van der Waals surface area contributed by atoms with Crippen LogP contribution in [0.15, 0.2) is 0 Å². The molecule has 6 heteroatoms. The molecule has 1 aliphatic rings. The lowest BCUT2D eigenvalue weighted by Gasteiger charge is -2.37. The summed E-state index contributed by atoms with van der Waals surface area (Å²) in [5.41, 5.74) is 5.04. The highest BCUT2D eigenvalue weighted by atomic mass is 16.4. The summed E-state index contributed by atoms with van der Waals surface area (Å²) in [5, 5.41) is 20.1. The van der Waals surface area contributed by atoms with E-state index in [-0.39, 0.29) is 12.5 Å². The largest absolute Gasteiger partial charge is 0.480 e. The molecule has 6 nitrogen and oxygen atoms in total. The Kier molecular flexibility index (Phi) is 5.10. The molecule has 0 saturated heterocycles. The molecule has 1 amide bonds. The molecule has 1 atom stereocenters. The number of carbonyl (C=O) groups is 2. The van der Waals surface area contributed by atoms with Gasteiger partial charge in [-0.3, -0.25) is 4.79 Å². The van der Waals surface area contributed by atoms with E-state index in [9.17, 15) is 9.59 Å². The van der Waals surface area contributed by atoms with Crippen molar-refractivity contribution in [3.63, 3.8) is 0 Å². The van der Waals surface area contributed by atoms with Crippen molar-refractivity contribution in [1.82, 2.24) is 5.32 Å². The van der Waals surface area contributed by atoms with E-state index >= 15 is 0 Å². The lowest BCUT2D eigenvalue weighted by Crippen LogP contribution is -2.53. The Balaban J connectivity index is 2.70. The Hall–Kier alpha value is -1.14. The third-order valence-electron chi connectivity index (χ3n) is 3.89. The fourth-order valence-electron chi connectivity index (χ4n) is 2.34. The minimum absolute atomic E-state index is 0.212. The summed E-state index contributed by atoms with van der Waals surface area (Å²) >= 11 is 0. The predicted molar refractivity (Wildman–Crippen MR) is 65.8 cm³/mol. The Bertz CT molecular complexity index is 311. The number of nitrogens with two attached hydrogens (primary N) is 1. The van der Waals surface area contributed by atoms with Gasteiger partial charge in [-0.25, -0.2) is 4.79 Å². The van der Waals surface area contributed by atoms with Gasteiger partial charge in [0.25, 0.3) is 0 Å². The molecule has 0 radical (unpaired) electrons. The lowest BCUT2D eigenvalue weighted by molar-refractivity contribution is -0.145. The van der Waals surface area contributed by atoms with Crippen molar-refractivity contribution < 1.29 is 19.8 Å². The number of rotatable bonds is 5. The van der Waals surface area contributed by atoms with E-state index in [4.69, 9.17) is 15.9 Å². The molecule has 1 aliphatic carbocycles. The van der Waals surface area contributed by atoms with Crippen molar-refractivity contribution in [2.24, 2.45) is 17.1 Å². The molecular weight excluding hydrogens is 236 g/mol. The maximum Gasteiger partial charge on any atom is 0.328 e. The predicted octanol–water partition coefficient (Wildman–Crippen LogP) is -0.297. The fourth-order valence-corrected chi connectivity index (χ4v) is 2.34. The van der Waals surface area contributed by atoms with Crippen LogP contribution in [0.4, 0.5) is 0 Å². The first kappa shape index (κ1) is 14.9. The highest BCUT2D eigenvalue weighted by Crippen LogP contribution is 2.38. The maximum atomic E-state index is 12.2. The molecule has 0 aromatic carbocycles. The quantitative estimate of drug-likeness (QED) is 0.541. The third kappa shape index (κ3) is 3.20. The van der Waals surface area contributed by atoms with Gasteiger partial charge in [-0.1, -0.05) is 6.92 Å². The van der Waals surface area contributed by atoms with Crippen molar-refractivity contribution in [1.29, 1.82) is 0 Å². The molecule has 1 fully saturated rings. The minimum atomic E-state index is -1.25. The molecular formula is C12H22N2O4. The number of aliphatic hydroxyl groups excluding tert-OH is 1. The van der Waals surface area contributed by atoms with Crippen LogP contribution in [0.25, 0.3) is 0 Å². The number of amides is 1. The maximum absolute atomic E-state index is 12.2. The van der Waals surface area contributed by atoms with Crippen LogP contribution < -0.4 is 11.1 Å². The zero-order valence-corrected chi connectivity index (χ0v) is 10.7. The Morgan fingerprint density at radius 1 is 1.44 bits per heavy atom. The number of aliphatic carboxylic acids is 1. The SMILES string of the molecule is CC1CCC(CN)(C(=O)N[C@H](CO)C(=O)O)CC1. The topological polar surface area (TPSA) is 113 Å². The summed E-state index contributed by atoms with van der Waals surface area (Å²) in [7, 11) is 0. The summed E-state index contributed by atoms with van der Waals surface area (Å²) in [4.78, 5) is 23.0. The van der Waals surface area contributed by atoms with E-state index in [0.717, 1.165) is 12.8 Å². The number of nitrogens with one attached hydrogen (secondary N) is 1. The van der Waals surface area contributed by atoms with Crippen molar-refractivity contribution in [2.45, 2.75) is 38.6 Å². The summed E-state index contributed by atoms with van der Waals surface area (Å²) in [6.45, 7) is 1.73. The molecule has 1 rings (SSSR count). The van der Waals surface area contributed by atoms with Gasteiger partial charge in [-0.05, 0) is 31.6 Å². The molecule has 104 valence electrons. The van der Waals surface area contributed by atoms with E-state index in [2.05, 4.69) is 12.2 Å². The summed E-state index contributed by atoms with van der Waals surface area (Å²) in [5.74, 6) is -1.01. The second-order valence-electron chi connectivity index (χ2n) is 5.21. The first-order valence-corrected chi connectivity index (χ1v) is 6.30. The van der Waals surface area contributed by atoms with E-state index in [1.54, 1.807) is 0 Å². The van der Waals surface area contributed by atoms with Crippen molar-refractivity contribution in [3.05, 3.63) is 0 Å². The third-order valence-corrected chi connectivity index (χ3v) is 3.89. The normalized spacial score (nSPS) is 29.6. The second-order valence-corrected chi connectivity index (χ2v) is 5.21. The Morgan fingerprint density at radius 3 is 2.39 bits per heavy atom. The first-order valence-electron chi connectivity index (χ1n) is 6.30. The molecule has 0 aliphatic heterocycles. The van der Waals surface area contributed by atoms with E-state index in [1.165, 1.54) is 0 Å². The smallest absolute Gasteiger partial charge is 0.328 e. The zero-order chi connectivity index (χ0) is 13.8. The summed E-state index contributed by atoms with van der Waals surface area (Å²) in [6, 6.07) is -1.25. The highest BCUT2D eigenvalue weighted by molar-refractivity contribution is 5.87. The number of hydrogen-bond donors (Lipinski definition) is 4. The molecule has 5 N–H and O–H groups in total. The summed E-state index contributed by atoms with van der Waals surface area (Å²) < 4.78 is 0. The average Bonchev–Trinajstić information content (AvgIpc) is 2.36. The van der Waals surface area contributed by atoms with Gasteiger partial charge in [0.05, 0.1) is 12.0 Å². The molecule has 0 heterocycles. The minimum Gasteiger partial charge on any atom is -0.480 e. The standard InChI is InChI=1S/C12H22N2O4/c1-8-2-4-12(7-13,5-3-8)11(18)14-9(6-15)10(16)17/h8-9,15H,2-7,13H2,1H3,(H,14,18)(H,16,17)/t8?,9-,12?/m1/s1. The zero-order valence-electron chi connectivity index (χ0n) is 10.7. The highest BCUT2D eigenvalue weighted by Gasteiger charge is 2.41.